The minimum absolute atomic E-state index is 0.0943. The second kappa shape index (κ2) is 9.17. The number of benzene rings is 2. The SMILES string of the molecule is COc1ccc(CN2CCN(C(C(=O)N(C)C)c3ccccc3)CC2)cc1F. The lowest BCUT2D eigenvalue weighted by Gasteiger charge is -2.39. The first kappa shape index (κ1) is 20.3. The van der Waals surface area contributed by atoms with E-state index in [9.17, 15) is 9.18 Å². The number of carbonyl (C=O) groups excluding carboxylic acids is 1. The number of likely N-dealkylation sites (N-methyl/N-ethyl adjacent to an activating group) is 1. The van der Waals surface area contributed by atoms with Crippen molar-refractivity contribution in [1.29, 1.82) is 0 Å². The Hall–Kier alpha value is -2.44. The Morgan fingerprint density at radius 1 is 1.11 bits per heavy atom. The molecule has 0 radical (unpaired) electrons. The topological polar surface area (TPSA) is 36.0 Å². The Balaban J connectivity index is 1.65. The van der Waals surface area contributed by atoms with E-state index < -0.39 is 0 Å². The van der Waals surface area contributed by atoms with Crippen LogP contribution in [-0.2, 0) is 11.3 Å². The summed E-state index contributed by atoms with van der Waals surface area (Å²) < 4.78 is 18.9. The molecule has 0 aliphatic carbocycles. The van der Waals surface area contributed by atoms with E-state index in [-0.39, 0.29) is 23.5 Å². The first-order valence-electron chi connectivity index (χ1n) is 9.54. The summed E-state index contributed by atoms with van der Waals surface area (Å²) in [4.78, 5) is 19.0. The number of piperazine rings is 1. The maximum absolute atomic E-state index is 13.9. The van der Waals surface area contributed by atoms with Crippen LogP contribution in [0.1, 0.15) is 17.2 Å². The van der Waals surface area contributed by atoms with E-state index in [1.807, 2.05) is 36.4 Å². The Labute approximate surface area is 166 Å². The smallest absolute Gasteiger partial charge is 0.244 e. The summed E-state index contributed by atoms with van der Waals surface area (Å²) in [6.45, 7) is 3.93. The number of carbonyl (C=O) groups is 1. The van der Waals surface area contributed by atoms with Gasteiger partial charge in [0.15, 0.2) is 11.6 Å². The van der Waals surface area contributed by atoms with Crippen molar-refractivity contribution in [3.63, 3.8) is 0 Å². The zero-order valence-corrected chi connectivity index (χ0v) is 16.8. The molecule has 0 bridgehead atoms. The summed E-state index contributed by atoms with van der Waals surface area (Å²) in [7, 11) is 5.06. The van der Waals surface area contributed by atoms with Crippen molar-refractivity contribution in [3.05, 3.63) is 65.5 Å². The third-order valence-corrected chi connectivity index (χ3v) is 5.18. The summed E-state index contributed by atoms with van der Waals surface area (Å²) in [6.07, 6.45) is 0. The monoisotopic (exact) mass is 385 g/mol. The van der Waals surface area contributed by atoms with Crippen molar-refractivity contribution in [2.75, 3.05) is 47.4 Å². The van der Waals surface area contributed by atoms with Crippen molar-refractivity contribution in [2.24, 2.45) is 0 Å². The molecule has 2 aromatic rings. The maximum Gasteiger partial charge on any atom is 0.244 e. The summed E-state index contributed by atoms with van der Waals surface area (Å²) in [6, 6.07) is 14.8. The fourth-order valence-electron chi connectivity index (χ4n) is 3.64. The Kier molecular flexibility index (Phi) is 6.65. The number of rotatable bonds is 6. The molecule has 2 aromatic carbocycles. The largest absolute Gasteiger partial charge is 0.494 e. The first-order chi connectivity index (χ1) is 13.5. The number of nitrogens with zero attached hydrogens (tertiary/aromatic N) is 3. The van der Waals surface area contributed by atoms with Gasteiger partial charge >= 0.3 is 0 Å². The Morgan fingerprint density at radius 3 is 2.36 bits per heavy atom. The molecule has 1 heterocycles. The van der Waals surface area contributed by atoms with E-state index in [2.05, 4.69) is 9.80 Å². The molecule has 6 heteroatoms. The van der Waals surface area contributed by atoms with Gasteiger partial charge in [0, 0.05) is 46.8 Å². The van der Waals surface area contributed by atoms with Gasteiger partial charge in [-0.2, -0.15) is 0 Å². The molecule has 1 atom stereocenters. The molecular formula is C22H28FN3O2. The third kappa shape index (κ3) is 4.69. The average molecular weight is 385 g/mol. The van der Waals surface area contributed by atoms with Gasteiger partial charge < -0.3 is 9.64 Å². The van der Waals surface area contributed by atoms with Crippen LogP contribution < -0.4 is 4.74 Å². The molecule has 1 amide bonds. The van der Waals surface area contributed by atoms with E-state index in [1.165, 1.54) is 13.2 Å². The van der Waals surface area contributed by atoms with Gasteiger partial charge in [-0.1, -0.05) is 36.4 Å². The highest BCUT2D eigenvalue weighted by atomic mass is 19.1. The molecular weight excluding hydrogens is 357 g/mol. The zero-order chi connectivity index (χ0) is 20.1. The Morgan fingerprint density at radius 2 is 1.79 bits per heavy atom. The standard InChI is InChI=1S/C22H28FN3O2/c1-24(2)22(27)21(18-7-5-4-6-8-18)26-13-11-25(12-14-26)16-17-9-10-20(28-3)19(23)15-17/h4-10,15,21H,11-14,16H2,1-3H3. The number of halogens is 1. The zero-order valence-electron chi connectivity index (χ0n) is 16.8. The van der Waals surface area contributed by atoms with Gasteiger partial charge in [-0.25, -0.2) is 4.39 Å². The van der Waals surface area contributed by atoms with E-state index in [0.717, 1.165) is 37.3 Å². The number of ether oxygens (including phenoxy) is 1. The van der Waals surface area contributed by atoms with E-state index in [0.29, 0.717) is 6.54 Å². The molecule has 0 saturated carbocycles. The lowest BCUT2D eigenvalue weighted by atomic mass is 10.0. The molecule has 5 nitrogen and oxygen atoms in total. The predicted octanol–water partition coefficient (Wildman–Crippen LogP) is 2.78. The van der Waals surface area contributed by atoms with Gasteiger partial charge in [-0.3, -0.25) is 14.6 Å². The molecule has 28 heavy (non-hydrogen) atoms. The molecule has 1 aliphatic rings. The fraction of sp³-hybridized carbons (Fsp3) is 0.409. The van der Waals surface area contributed by atoms with Gasteiger partial charge in [0.25, 0.3) is 0 Å². The number of hydrogen-bond acceptors (Lipinski definition) is 4. The molecule has 1 unspecified atom stereocenters. The Bertz CT molecular complexity index is 790. The van der Waals surface area contributed by atoms with Crippen molar-refractivity contribution >= 4 is 5.91 Å². The summed E-state index contributed by atoms with van der Waals surface area (Å²) in [5, 5.41) is 0. The van der Waals surface area contributed by atoms with Crippen molar-refractivity contribution < 1.29 is 13.9 Å². The molecule has 0 N–H and O–H groups in total. The van der Waals surface area contributed by atoms with Crippen LogP contribution in [0.3, 0.4) is 0 Å². The summed E-state index contributed by atoms with van der Waals surface area (Å²) >= 11 is 0. The highest BCUT2D eigenvalue weighted by Crippen LogP contribution is 2.25. The molecule has 1 aliphatic heterocycles. The number of amides is 1. The van der Waals surface area contributed by atoms with Gasteiger partial charge in [0.05, 0.1) is 7.11 Å². The number of hydrogen-bond donors (Lipinski definition) is 0. The first-order valence-corrected chi connectivity index (χ1v) is 9.54. The van der Waals surface area contributed by atoms with E-state index in [4.69, 9.17) is 4.74 Å². The minimum atomic E-state index is -0.334. The maximum atomic E-state index is 13.9. The van der Waals surface area contributed by atoms with Crippen molar-refractivity contribution in [3.8, 4) is 5.75 Å². The van der Waals surface area contributed by atoms with Crippen LogP contribution in [0.5, 0.6) is 5.75 Å². The highest BCUT2D eigenvalue weighted by Gasteiger charge is 2.31. The third-order valence-electron chi connectivity index (χ3n) is 5.18. The summed E-state index contributed by atoms with van der Waals surface area (Å²) in [5.41, 5.74) is 1.95. The van der Waals surface area contributed by atoms with Crippen LogP contribution in [0.25, 0.3) is 0 Å². The molecule has 0 spiro atoms. The summed E-state index contributed by atoms with van der Waals surface area (Å²) in [5.74, 6) is 0.0257. The van der Waals surface area contributed by atoms with Crippen LogP contribution >= 0.6 is 0 Å². The average Bonchev–Trinajstić information content (AvgIpc) is 2.70. The van der Waals surface area contributed by atoms with E-state index in [1.54, 1.807) is 25.1 Å². The lowest BCUT2D eigenvalue weighted by molar-refractivity contribution is -0.135. The second-order valence-corrected chi connectivity index (χ2v) is 7.33. The lowest BCUT2D eigenvalue weighted by Crippen LogP contribution is -2.50. The van der Waals surface area contributed by atoms with Crippen molar-refractivity contribution in [1.82, 2.24) is 14.7 Å². The minimum Gasteiger partial charge on any atom is -0.494 e. The quantitative estimate of drug-likeness (QED) is 0.766. The van der Waals surface area contributed by atoms with Crippen LogP contribution in [-0.4, -0.2) is 68.0 Å². The van der Waals surface area contributed by atoms with Crippen LogP contribution in [0, 0.1) is 5.82 Å². The fourth-order valence-corrected chi connectivity index (χ4v) is 3.64. The predicted molar refractivity (Wildman–Crippen MR) is 108 cm³/mol. The van der Waals surface area contributed by atoms with Crippen molar-refractivity contribution in [2.45, 2.75) is 12.6 Å². The molecule has 0 aromatic heterocycles. The van der Waals surface area contributed by atoms with Crippen LogP contribution in [0.4, 0.5) is 4.39 Å². The van der Waals surface area contributed by atoms with E-state index >= 15 is 0 Å². The van der Waals surface area contributed by atoms with Gasteiger partial charge in [-0.05, 0) is 23.3 Å². The molecule has 1 saturated heterocycles. The van der Waals surface area contributed by atoms with Crippen LogP contribution in [0.15, 0.2) is 48.5 Å². The molecule has 3 rings (SSSR count). The number of methoxy groups -OCH3 is 1. The molecule has 150 valence electrons. The van der Waals surface area contributed by atoms with Gasteiger partial charge in [-0.15, -0.1) is 0 Å². The van der Waals surface area contributed by atoms with Gasteiger partial charge in [0.2, 0.25) is 5.91 Å². The van der Waals surface area contributed by atoms with Crippen LogP contribution in [0.2, 0.25) is 0 Å². The molecule has 1 fully saturated rings. The normalized spacial score (nSPS) is 16.6. The second-order valence-electron chi connectivity index (χ2n) is 7.33. The highest BCUT2D eigenvalue weighted by molar-refractivity contribution is 5.82. The van der Waals surface area contributed by atoms with Gasteiger partial charge in [0.1, 0.15) is 6.04 Å².